The van der Waals surface area contributed by atoms with Crippen molar-refractivity contribution in [3.8, 4) is 0 Å². The molecule has 5 aromatic rings. The SMILES string of the molecule is O=c1[nH]c2ncccc2c2cc(NCc3cccc4ccccc34)ccc12. The molecule has 0 atom stereocenters. The molecule has 0 fully saturated rings. The standard InChI is InChI=1S/C23H17N3O/c27-23-20-11-10-17(13-21(20)19-9-4-12-24-22(19)26-23)25-14-16-7-3-6-15-5-1-2-8-18(15)16/h1-13,25H,14H2,(H,24,26,27). The normalized spacial score (nSPS) is 11.3. The molecule has 0 aliphatic carbocycles. The molecule has 2 heterocycles. The van der Waals surface area contributed by atoms with Crippen LogP contribution in [0, 0.1) is 0 Å². The average molecular weight is 351 g/mol. The Morgan fingerprint density at radius 1 is 0.815 bits per heavy atom. The van der Waals surface area contributed by atoms with Gasteiger partial charge in [-0.1, -0.05) is 42.5 Å². The fraction of sp³-hybridized carbons (Fsp3) is 0.0435. The Morgan fingerprint density at radius 2 is 1.67 bits per heavy atom. The van der Waals surface area contributed by atoms with Gasteiger partial charge in [0.25, 0.3) is 5.56 Å². The van der Waals surface area contributed by atoms with Gasteiger partial charge in [-0.25, -0.2) is 4.98 Å². The molecule has 0 spiro atoms. The molecule has 3 aromatic carbocycles. The van der Waals surface area contributed by atoms with Crippen LogP contribution in [0.2, 0.25) is 0 Å². The number of hydrogen-bond acceptors (Lipinski definition) is 3. The maximum Gasteiger partial charge on any atom is 0.257 e. The lowest BCUT2D eigenvalue weighted by Gasteiger charge is -2.11. The topological polar surface area (TPSA) is 57.8 Å². The van der Waals surface area contributed by atoms with Crippen molar-refractivity contribution in [1.29, 1.82) is 0 Å². The first-order valence-electron chi connectivity index (χ1n) is 8.91. The van der Waals surface area contributed by atoms with E-state index >= 15 is 0 Å². The van der Waals surface area contributed by atoms with Crippen LogP contribution in [0.1, 0.15) is 5.56 Å². The summed E-state index contributed by atoms with van der Waals surface area (Å²) in [5.41, 5.74) is 2.72. The molecule has 130 valence electrons. The number of benzene rings is 3. The molecule has 4 nitrogen and oxygen atoms in total. The summed E-state index contributed by atoms with van der Waals surface area (Å²) in [7, 11) is 0. The van der Waals surface area contributed by atoms with E-state index in [2.05, 4.69) is 57.7 Å². The zero-order chi connectivity index (χ0) is 18.2. The summed E-state index contributed by atoms with van der Waals surface area (Å²) in [4.78, 5) is 19.4. The molecule has 0 saturated carbocycles. The van der Waals surface area contributed by atoms with Crippen LogP contribution >= 0.6 is 0 Å². The molecule has 27 heavy (non-hydrogen) atoms. The lowest BCUT2D eigenvalue weighted by molar-refractivity contribution is 1.17. The first-order chi connectivity index (χ1) is 13.3. The van der Waals surface area contributed by atoms with E-state index in [-0.39, 0.29) is 5.56 Å². The molecule has 4 heteroatoms. The van der Waals surface area contributed by atoms with Crippen molar-refractivity contribution in [3.63, 3.8) is 0 Å². The summed E-state index contributed by atoms with van der Waals surface area (Å²) in [6.07, 6.45) is 1.69. The van der Waals surface area contributed by atoms with Crippen molar-refractivity contribution in [1.82, 2.24) is 9.97 Å². The summed E-state index contributed by atoms with van der Waals surface area (Å²) in [6, 6.07) is 24.4. The minimum absolute atomic E-state index is 0.114. The van der Waals surface area contributed by atoms with E-state index in [1.807, 2.05) is 30.3 Å². The summed E-state index contributed by atoms with van der Waals surface area (Å²) < 4.78 is 0. The highest BCUT2D eigenvalue weighted by molar-refractivity contribution is 6.05. The zero-order valence-corrected chi connectivity index (χ0v) is 14.6. The van der Waals surface area contributed by atoms with E-state index in [0.29, 0.717) is 17.6 Å². The van der Waals surface area contributed by atoms with Crippen LogP contribution in [-0.4, -0.2) is 9.97 Å². The van der Waals surface area contributed by atoms with Gasteiger partial charge in [-0.15, -0.1) is 0 Å². The molecule has 0 radical (unpaired) electrons. The summed E-state index contributed by atoms with van der Waals surface area (Å²) in [6.45, 7) is 0.715. The number of H-pyrrole nitrogens is 1. The lowest BCUT2D eigenvalue weighted by atomic mass is 10.0. The molecule has 2 N–H and O–H groups in total. The number of nitrogens with one attached hydrogen (secondary N) is 2. The number of nitrogens with zero attached hydrogens (tertiary/aromatic N) is 1. The summed E-state index contributed by atoms with van der Waals surface area (Å²) in [5.74, 6) is 0. The van der Waals surface area contributed by atoms with E-state index < -0.39 is 0 Å². The molecular formula is C23H17N3O. The number of aromatic amines is 1. The number of pyridine rings is 2. The maximum absolute atomic E-state index is 12.3. The van der Waals surface area contributed by atoms with Gasteiger partial charge in [-0.05, 0) is 46.7 Å². The highest BCUT2D eigenvalue weighted by Crippen LogP contribution is 2.24. The molecule has 2 aromatic heterocycles. The Kier molecular flexibility index (Phi) is 3.61. The third-order valence-electron chi connectivity index (χ3n) is 4.96. The van der Waals surface area contributed by atoms with Gasteiger partial charge in [-0.2, -0.15) is 0 Å². The van der Waals surface area contributed by atoms with Crippen LogP contribution in [0.5, 0.6) is 0 Å². The number of rotatable bonds is 3. The largest absolute Gasteiger partial charge is 0.381 e. The van der Waals surface area contributed by atoms with Crippen LogP contribution in [0.25, 0.3) is 32.6 Å². The Morgan fingerprint density at radius 3 is 2.63 bits per heavy atom. The van der Waals surface area contributed by atoms with Gasteiger partial charge in [0.1, 0.15) is 5.65 Å². The average Bonchev–Trinajstić information content (AvgIpc) is 2.72. The summed E-state index contributed by atoms with van der Waals surface area (Å²) in [5, 5.41) is 8.51. The quantitative estimate of drug-likeness (QED) is 0.457. The Hall–Kier alpha value is -3.66. The molecular weight excluding hydrogens is 334 g/mol. The number of fused-ring (bicyclic) bond motifs is 4. The third kappa shape index (κ3) is 2.72. The van der Waals surface area contributed by atoms with E-state index in [4.69, 9.17) is 0 Å². The van der Waals surface area contributed by atoms with E-state index in [1.54, 1.807) is 6.20 Å². The zero-order valence-electron chi connectivity index (χ0n) is 14.6. The van der Waals surface area contributed by atoms with Crippen LogP contribution < -0.4 is 10.9 Å². The van der Waals surface area contributed by atoms with Gasteiger partial charge in [0, 0.05) is 34.6 Å². The third-order valence-corrected chi connectivity index (χ3v) is 4.96. The molecule has 0 aliphatic rings. The lowest BCUT2D eigenvalue weighted by Crippen LogP contribution is -2.07. The predicted octanol–water partition coefficient (Wildman–Crippen LogP) is 4.84. The van der Waals surface area contributed by atoms with Gasteiger partial charge in [0.05, 0.1) is 0 Å². The number of anilines is 1. The second-order valence-electron chi connectivity index (χ2n) is 6.61. The molecule has 5 rings (SSSR count). The molecule has 0 unspecified atom stereocenters. The van der Waals surface area contributed by atoms with Crippen molar-refractivity contribution < 1.29 is 0 Å². The molecule has 0 bridgehead atoms. The van der Waals surface area contributed by atoms with Crippen molar-refractivity contribution in [3.05, 3.63) is 94.9 Å². The van der Waals surface area contributed by atoms with Gasteiger partial charge in [-0.3, -0.25) is 4.79 Å². The van der Waals surface area contributed by atoms with Gasteiger partial charge < -0.3 is 10.3 Å². The molecule has 0 saturated heterocycles. The first-order valence-corrected chi connectivity index (χ1v) is 8.91. The molecule has 0 amide bonds. The number of aromatic nitrogens is 2. The fourth-order valence-corrected chi connectivity index (χ4v) is 3.62. The Balaban J connectivity index is 1.55. The molecule has 0 aliphatic heterocycles. The van der Waals surface area contributed by atoms with Crippen LogP contribution in [0.4, 0.5) is 5.69 Å². The van der Waals surface area contributed by atoms with E-state index in [0.717, 1.165) is 16.5 Å². The smallest absolute Gasteiger partial charge is 0.257 e. The highest BCUT2D eigenvalue weighted by atomic mass is 16.1. The van der Waals surface area contributed by atoms with Gasteiger partial charge in [0.2, 0.25) is 0 Å². The number of hydrogen-bond donors (Lipinski definition) is 2. The van der Waals surface area contributed by atoms with E-state index in [1.165, 1.54) is 16.3 Å². The highest BCUT2D eigenvalue weighted by Gasteiger charge is 2.07. The van der Waals surface area contributed by atoms with Crippen molar-refractivity contribution in [2.75, 3.05) is 5.32 Å². The van der Waals surface area contributed by atoms with Crippen molar-refractivity contribution in [2.24, 2.45) is 0 Å². The second-order valence-corrected chi connectivity index (χ2v) is 6.61. The predicted molar refractivity (Wildman–Crippen MR) is 111 cm³/mol. The van der Waals surface area contributed by atoms with Crippen LogP contribution in [0.3, 0.4) is 0 Å². The monoisotopic (exact) mass is 351 g/mol. The Bertz CT molecular complexity index is 1350. The van der Waals surface area contributed by atoms with Crippen LogP contribution in [-0.2, 0) is 6.54 Å². The maximum atomic E-state index is 12.3. The first kappa shape index (κ1) is 15.6. The minimum atomic E-state index is -0.114. The summed E-state index contributed by atoms with van der Waals surface area (Å²) >= 11 is 0. The van der Waals surface area contributed by atoms with Gasteiger partial charge in [0.15, 0.2) is 0 Å². The van der Waals surface area contributed by atoms with E-state index in [9.17, 15) is 4.79 Å². The van der Waals surface area contributed by atoms with Crippen LogP contribution in [0.15, 0.2) is 83.8 Å². The van der Waals surface area contributed by atoms with Gasteiger partial charge >= 0.3 is 0 Å². The van der Waals surface area contributed by atoms with Crippen molar-refractivity contribution >= 4 is 38.3 Å². The second kappa shape index (κ2) is 6.25. The fourth-order valence-electron chi connectivity index (χ4n) is 3.62. The minimum Gasteiger partial charge on any atom is -0.381 e. The van der Waals surface area contributed by atoms with Crippen molar-refractivity contribution in [2.45, 2.75) is 6.54 Å². The Labute approximate surface area is 155 Å².